The molecule has 0 unspecified atom stereocenters. The Hall–Kier alpha value is -2.42. The zero-order chi connectivity index (χ0) is 17.5. The highest BCUT2D eigenvalue weighted by Gasteiger charge is 2.15. The Morgan fingerprint density at radius 3 is 2.21 bits per heavy atom. The molecule has 0 bridgehead atoms. The van der Waals surface area contributed by atoms with Crippen molar-refractivity contribution in [1.29, 1.82) is 0 Å². The van der Waals surface area contributed by atoms with Crippen LogP contribution in [-0.2, 0) is 11.2 Å². The molecule has 3 nitrogen and oxygen atoms in total. The number of hydrazone groups is 1. The first-order valence-electron chi connectivity index (χ1n) is 8.45. The summed E-state index contributed by atoms with van der Waals surface area (Å²) in [6, 6.07) is 18.1. The lowest BCUT2D eigenvalue weighted by Crippen LogP contribution is -2.24. The van der Waals surface area contributed by atoms with Gasteiger partial charge in [-0.3, -0.25) is 4.79 Å². The SMILES string of the molecule is C/C(=N\NC(=O)[C@@H](C)c1ccc(CC(C)C)cc1)c1ccccc1. The van der Waals surface area contributed by atoms with Gasteiger partial charge in [-0.25, -0.2) is 5.43 Å². The van der Waals surface area contributed by atoms with Gasteiger partial charge in [-0.15, -0.1) is 0 Å². The summed E-state index contributed by atoms with van der Waals surface area (Å²) in [5, 5.41) is 4.21. The zero-order valence-electron chi connectivity index (χ0n) is 14.9. The molecule has 2 aromatic carbocycles. The number of benzene rings is 2. The van der Waals surface area contributed by atoms with E-state index in [0.29, 0.717) is 5.92 Å². The van der Waals surface area contributed by atoms with Gasteiger partial charge in [-0.2, -0.15) is 5.10 Å². The average molecular weight is 322 g/mol. The van der Waals surface area contributed by atoms with E-state index in [4.69, 9.17) is 0 Å². The fourth-order valence-corrected chi connectivity index (χ4v) is 2.54. The quantitative estimate of drug-likeness (QED) is 0.616. The molecule has 0 aromatic heterocycles. The van der Waals surface area contributed by atoms with E-state index in [1.165, 1.54) is 5.56 Å². The Morgan fingerprint density at radius 2 is 1.62 bits per heavy atom. The molecule has 0 aliphatic rings. The fourth-order valence-electron chi connectivity index (χ4n) is 2.54. The first kappa shape index (κ1) is 17.9. The maximum absolute atomic E-state index is 12.3. The van der Waals surface area contributed by atoms with Crippen LogP contribution in [0.4, 0.5) is 0 Å². The van der Waals surface area contributed by atoms with Crippen LogP contribution in [0.25, 0.3) is 0 Å². The Balaban J connectivity index is 1.99. The van der Waals surface area contributed by atoms with Crippen molar-refractivity contribution in [3.05, 3.63) is 71.3 Å². The summed E-state index contributed by atoms with van der Waals surface area (Å²) in [5.74, 6) is 0.305. The van der Waals surface area contributed by atoms with Crippen molar-refractivity contribution in [3.63, 3.8) is 0 Å². The average Bonchev–Trinajstić information content (AvgIpc) is 2.59. The topological polar surface area (TPSA) is 41.5 Å². The van der Waals surface area contributed by atoms with Crippen LogP contribution in [0.5, 0.6) is 0 Å². The Bertz CT molecular complexity index is 688. The van der Waals surface area contributed by atoms with Gasteiger partial charge < -0.3 is 0 Å². The van der Waals surface area contributed by atoms with Crippen molar-refractivity contribution in [2.75, 3.05) is 0 Å². The molecule has 1 atom stereocenters. The molecule has 24 heavy (non-hydrogen) atoms. The summed E-state index contributed by atoms with van der Waals surface area (Å²) in [6.45, 7) is 8.20. The van der Waals surface area contributed by atoms with E-state index in [1.54, 1.807) is 0 Å². The van der Waals surface area contributed by atoms with Gasteiger partial charge in [0, 0.05) is 0 Å². The minimum Gasteiger partial charge on any atom is -0.272 e. The smallest absolute Gasteiger partial charge is 0.247 e. The van der Waals surface area contributed by atoms with Crippen LogP contribution in [0.1, 0.15) is 50.3 Å². The third-order valence-electron chi connectivity index (χ3n) is 4.04. The van der Waals surface area contributed by atoms with Crippen molar-refractivity contribution in [3.8, 4) is 0 Å². The highest BCUT2D eigenvalue weighted by atomic mass is 16.2. The largest absolute Gasteiger partial charge is 0.272 e. The van der Waals surface area contributed by atoms with Crippen LogP contribution in [0.3, 0.4) is 0 Å². The molecule has 126 valence electrons. The molecule has 0 radical (unpaired) electrons. The second kappa shape index (κ2) is 8.44. The fraction of sp³-hybridized carbons (Fsp3) is 0.333. The maximum Gasteiger partial charge on any atom is 0.247 e. The highest BCUT2D eigenvalue weighted by molar-refractivity contribution is 5.99. The van der Waals surface area contributed by atoms with Gasteiger partial charge in [0.1, 0.15) is 0 Å². The second-order valence-electron chi connectivity index (χ2n) is 6.60. The number of hydrogen-bond donors (Lipinski definition) is 1. The molecular weight excluding hydrogens is 296 g/mol. The number of rotatable bonds is 6. The van der Waals surface area contributed by atoms with Crippen molar-refractivity contribution in [2.24, 2.45) is 11.0 Å². The van der Waals surface area contributed by atoms with Crippen LogP contribution in [0.2, 0.25) is 0 Å². The van der Waals surface area contributed by atoms with Gasteiger partial charge in [0.15, 0.2) is 0 Å². The predicted molar refractivity (Wildman–Crippen MR) is 100 cm³/mol. The molecule has 1 N–H and O–H groups in total. The number of amides is 1. The van der Waals surface area contributed by atoms with Crippen LogP contribution >= 0.6 is 0 Å². The van der Waals surface area contributed by atoms with E-state index in [1.807, 2.05) is 56.3 Å². The summed E-state index contributed by atoms with van der Waals surface area (Å²) >= 11 is 0. The summed E-state index contributed by atoms with van der Waals surface area (Å²) < 4.78 is 0. The summed E-state index contributed by atoms with van der Waals surface area (Å²) in [6.07, 6.45) is 1.06. The third-order valence-corrected chi connectivity index (χ3v) is 4.04. The number of nitrogens with one attached hydrogen (secondary N) is 1. The summed E-state index contributed by atoms with van der Waals surface area (Å²) in [7, 11) is 0. The summed E-state index contributed by atoms with van der Waals surface area (Å²) in [4.78, 5) is 12.3. The normalized spacial score (nSPS) is 13.0. The van der Waals surface area contributed by atoms with Crippen molar-refractivity contribution in [2.45, 2.75) is 40.0 Å². The van der Waals surface area contributed by atoms with Crippen LogP contribution in [-0.4, -0.2) is 11.6 Å². The molecule has 2 aromatic rings. The van der Waals surface area contributed by atoms with E-state index in [2.05, 4.69) is 36.5 Å². The van der Waals surface area contributed by atoms with Gasteiger partial charge in [-0.1, -0.05) is 68.4 Å². The Labute approximate surface area is 144 Å². The molecule has 0 aliphatic carbocycles. The molecule has 0 heterocycles. The lowest BCUT2D eigenvalue weighted by molar-refractivity contribution is -0.122. The van der Waals surface area contributed by atoms with Crippen LogP contribution in [0, 0.1) is 5.92 Å². The van der Waals surface area contributed by atoms with Crippen molar-refractivity contribution < 1.29 is 4.79 Å². The second-order valence-corrected chi connectivity index (χ2v) is 6.60. The van der Waals surface area contributed by atoms with E-state index < -0.39 is 0 Å². The minimum absolute atomic E-state index is 0.0955. The van der Waals surface area contributed by atoms with Gasteiger partial charge in [0.2, 0.25) is 5.91 Å². The molecule has 0 saturated heterocycles. The Kier molecular flexibility index (Phi) is 6.30. The number of nitrogens with zero attached hydrogens (tertiary/aromatic N) is 1. The molecular formula is C21H26N2O. The third kappa shape index (κ3) is 5.05. The van der Waals surface area contributed by atoms with Crippen molar-refractivity contribution >= 4 is 11.6 Å². The first-order chi connectivity index (χ1) is 11.5. The first-order valence-corrected chi connectivity index (χ1v) is 8.45. The number of carbonyl (C=O) groups is 1. The lowest BCUT2D eigenvalue weighted by atomic mass is 9.96. The van der Waals surface area contributed by atoms with E-state index in [9.17, 15) is 4.79 Å². The zero-order valence-corrected chi connectivity index (χ0v) is 14.9. The number of hydrogen-bond acceptors (Lipinski definition) is 2. The molecule has 2 rings (SSSR count). The van der Waals surface area contributed by atoms with Gasteiger partial charge in [-0.05, 0) is 42.9 Å². The van der Waals surface area contributed by atoms with E-state index in [0.717, 1.165) is 23.3 Å². The standard InChI is InChI=1S/C21H26N2O/c1-15(2)14-18-10-12-19(13-11-18)16(3)21(24)23-22-17(4)20-8-6-5-7-9-20/h5-13,15-16H,14H2,1-4H3,(H,23,24)/b22-17+/t16-/m0/s1. The van der Waals surface area contributed by atoms with Crippen LogP contribution < -0.4 is 5.43 Å². The summed E-state index contributed by atoms with van der Waals surface area (Å²) in [5.41, 5.74) is 6.79. The van der Waals surface area contributed by atoms with Gasteiger partial charge >= 0.3 is 0 Å². The molecule has 0 spiro atoms. The molecule has 0 fully saturated rings. The molecule has 1 amide bonds. The number of carbonyl (C=O) groups excluding carboxylic acids is 1. The van der Waals surface area contributed by atoms with Gasteiger partial charge in [0.25, 0.3) is 0 Å². The molecule has 0 saturated carbocycles. The molecule has 3 heteroatoms. The Morgan fingerprint density at radius 1 is 1.00 bits per heavy atom. The van der Waals surface area contributed by atoms with E-state index >= 15 is 0 Å². The monoisotopic (exact) mass is 322 g/mol. The predicted octanol–water partition coefficient (Wildman–Crippen LogP) is 4.53. The van der Waals surface area contributed by atoms with Gasteiger partial charge in [0.05, 0.1) is 11.6 Å². The maximum atomic E-state index is 12.3. The van der Waals surface area contributed by atoms with Crippen molar-refractivity contribution in [1.82, 2.24) is 5.43 Å². The molecule has 0 aliphatic heterocycles. The van der Waals surface area contributed by atoms with E-state index in [-0.39, 0.29) is 11.8 Å². The minimum atomic E-state index is -0.231. The van der Waals surface area contributed by atoms with Crippen LogP contribution in [0.15, 0.2) is 59.7 Å². The lowest BCUT2D eigenvalue weighted by Gasteiger charge is -2.12. The highest BCUT2D eigenvalue weighted by Crippen LogP contribution is 2.17.